The molecule has 0 aliphatic carbocycles. The first-order valence-electron chi connectivity index (χ1n) is 8.48. The molecule has 1 aliphatic rings. The molecule has 0 aromatic heterocycles. The van der Waals surface area contributed by atoms with Crippen LogP contribution in [0.3, 0.4) is 0 Å². The van der Waals surface area contributed by atoms with Crippen LogP contribution < -0.4 is 9.47 Å². The van der Waals surface area contributed by atoms with Crippen LogP contribution in [0.1, 0.15) is 39.2 Å². The van der Waals surface area contributed by atoms with E-state index in [1.165, 1.54) is 13.8 Å². The van der Waals surface area contributed by atoms with Crippen LogP contribution in [0.4, 0.5) is 0 Å². The number of nitrogens with zero attached hydrogens (tertiary/aromatic N) is 1. The Morgan fingerprint density at radius 3 is 2.58 bits per heavy atom. The number of rotatable bonds is 7. The van der Waals surface area contributed by atoms with E-state index >= 15 is 0 Å². The summed E-state index contributed by atoms with van der Waals surface area (Å²) in [4.78, 5) is 0. The van der Waals surface area contributed by atoms with Gasteiger partial charge in [-0.3, -0.25) is 4.55 Å². The Hall–Kier alpha value is -1.39. The topological polar surface area (TPSA) is 106 Å². The van der Waals surface area contributed by atoms with Crippen LogP contribution in [0.2, 0.25) is 0 Å². The summed E-state index contributed by atoms with van der Waals surface area (Å²) in [6, 6.07) is 4.61. The highest BCUT2D eigenvalue weighted by atomic mass is 32.2. The van der Waals surface area contributed by atoms with E-state index in [1.807, 2.05) is 13.8 Å². The summed E-state index contributed by atoms with van der Waals surface area (Å²) in [7, 11) is -4.32. The number of morpholine rings is 1. The van der Waals surface area contributed by atoms with Crippen molar-refractivity contribution < 1.29 is 32.3 Å². The smallest absolute Gasteiger partial charge is 0.336 e. The van der Waals surface area contributed by atoms with Crippen molar-refractivity contribution in [3.05, 3.63) is 23.8 Å². The predicted molar refractivity (Wildman–Crippen MR) is 95.8 cm³/mol. The van der Waals surface area contributed by atoms with E-state index in [1.54, 1.807) is 18.2 Å². The molecule has 0 saturated carbocycles. The molecule has 1 heterocycles. The van der Waals surface area contributed by atoms with Crippen LogP contribution in [0.15, 0.2) is 18.2 Å². The molecule has 2 rings (SSSR count). The zero-order chi connectivity index (χ0) is 19.5. The summed E-state index contributed by atoms with van der Waals surface area (Å²) in [5.41, 5.74) is 0.768. The average molecular weight is 389 g/mol. The normalized spacial score (nSPS) is 19.6. The lowest BCUT2D eigenvalue weighted by molar-refractivity contribution is -0.105. The standard InChI is InChI=1S/C17H27NO7S/c1-12(2)16-14(6-5-7-15(16)25-17(3,4)19)24-11-13-10-23-9-8-18(13)26(20,21)22/h5-7,12-13,19H,8-11H2,1-4H3,(H,20,21,22)/t13-/m0/s1. The highest BCUT2D eigenvalue weighted by Gasteiger charge is 2.32. The minimum absolute atomic E-state index is 0.0193. The molecule has 148 valence electrons. The minimum atomic E-state index is -4.32. The molecule has 0 bridgehead atoms. The third kappa shape index (κ3) is 5.55. The fourth-order valence-electron chi connectivity index (χ4n) is 2.84. The maximum absolute atomic E-state index is 11.5. The SMILES string of the molecule is CC(C)c1c(OC[C@@H]2COCCN2S(=O)(=O)O)cccc1OC(C)(C)O. The molecule has 1 aromatic carbocycles. The van der Waals surface area contributed by atoms with Gasteiger partial charge in [-0.15, -0.1) is 0 Å². The van der Waals surface area contributed by atoms with E-state index in [0.29, 0.717) is 11.5 Å². The van der Waals surface area contributed by atoms with Crippen molar-refractivity contribution in [2.45, 2.75) is 45.4 Å². The molecule has 1 aliphatic heterocycles. The van der Waals surface area contributed by atoms with Crippen LogP contribution in [-0.2, 0) is 15.0 Å². The summed E-state index contributed by atoms with van der Waals surface area (Å²) in [6.07, 6.45) is 0. The molecule has 8 nitrogen and oxygen atoms in total. The van der Waals surface area contributed by atoms with Crippen LogP contribution in [0.5, 0.6) is 11.5 Å². The Bertz CT molecular complexity index is 712. The van der Waals surface area contributed by atoms with Crippen molar-refractivity contribution in [1.29, 1.82) is 0 Å². The largest absolute Gasteiger partial charge is 0.491 e. The second-order valence-electron chi connectivity index (χ2n) is 7.00. The van der Waals surface area contributed by atoms with Crippen molar-refractivity contribution in [3.63, 3.8) is 0 Å². The van der Waals surface area contributed by atoms with Gasteiger partial charge in [-0.1, -0.05) is 19.9 Å². The highest BCUT2D eigenvalue weighted by Crippen LogP contribution is 2.36. The van der Waals surface area contributed by atoms with Gasteiger partial charge in [0.15, 0.2) is 0 Å². The van der Waals surface area contributed by atoms with Gasteiger partial charge < -0.3 is 19.3 Å². The van der Waals surface area contributed by atoms with Crippen LogP contribution >= 0.6 is 0 Å². The molecular weight excluding hydrogens is 362 g/mol. The van der Waals surface area contributed by atoms with Gasteiger partial charge in [0.05, 0.1) is 19.3 Å². The van der Waals surface area contributed by atoms with Crippen LogP contribution in [-0.4, -0.2) is 60.6 Å². The number of hydrogen-bond donors (Lipinski definition) is 2. The van der Waals surface area contributed by atoms with E-state index in [-0.39, 0.29) is 32.3 Å². The van der Waals surface area contributed by atoms with Gasteiger partial charge in [-0.05, 0) is 18.1 Å². The number of benzene rings is 1. The lowest BCUT2D eigenvalue weighted by Crippen LogP contribution is -2.51. The fraction of sp³-hybridized carbons (Fsp3) is 0.647. The monoisotopic (exact) mass is 389 g/mol. The van der Waals surface area contributed by atoms with Crippen molar-refractivity contribution in [2.24, 2.45) is 0 Å². The van der Waals surface area contributed by atoms with Crippen LogP contribution in [0, 0.1) is 0 Å². The highest BCUT2D eigenvalue weighted by molar-refractivity contribution is 7.83. The molecule has 1 fully saturated rings. The molecule has 9 heteroatoms. The van der Waals surface area contributed by atoms with Crippen molar-refractivity contribution in [2.75, 3.05) is 26.4 Å². The maximum Gasteiger partial charge on any atom is 0.336 e. The molecule has 0 radical (unpaired) electrons. The second kappa shape index (κ2) is 8.10. The Balaban J connectivity index is 2.22. The molecule has 0 spiro atoms. The zero-order valence-corrected chi connectivity index (χ0v) is 16.3. The predicted octanol–water partition coefficient (Wildman–Crippen LogP) is 1.80. The Kier molecular flexibility index (Phi) is 6.51. The molecule has 0 unspecified atom stereocenters. The zero-order valence-electron chi connectivity index (χ0n) is 15.5. The minimum Gasteiger partial charge on any atom is -0.491 e. The first-order chi connectivity index (χ1) is 12.0. The van der Waals surface area contributed by atoms with Gasteiger partial charge >= 0.3 is 10.3 Å². The van der Waals surface area contributed by atoms with Gasteiger partial charge in [0, 0.05) is 26.0 Å². The van der Waals surface area contributed by atoms with Crippen molar-refractivity contribution in [1.82, 2.24) is 4.31 Å². The second-order valence-corrected chi connectivity index (χ2v) is 8.36. The third-order valence-corrected chi connectivity index (χ3v) is 4.94. The van der Waals surface area contributed by atoms with Gasteiger partial charge in [0.25, 0.3) is 0 Å². The van der Waals surface area contributed by atoms with Gasteiger partial charge in [0.2, 0.25) is 5.79 Å². The van der Waals surface area contributed by atoms with Gasteiger partial charge in [-0.2, -0.15) is 12.7 Å². The van der Waals surface area contributed by atoms with Crippen molar-refractivity contribution >= 4 is 10.3 Å². The number of ether oxygens (including phenoxy) is 3. The number of hydrogen-bond acceptors (Lipinski definition) is 6. The maximum atomic E-state index is 11.5. The molecule has 1 atom stereocenters. The lowest BCUT2D eigenvalue weighted by atomic mass is 10.0. The summed E-state index contributed by atoms with van der Waals surface area (Å²) in [6.45, 7) is 7.46. The lowest BCUT2D eigenvalue weighted by Gasteiger charge is -2.32. The Labute approximate surface area is 154 Å². The number of aliphatic hydroxyl groups is 1. The molecule has 1 saturated heterocycles. The van der Waals surface area contributed by atoms with E-state index in [4.69, 9.17) is 14.2 Å². The molecular formula is C17H27NO7S. The first kappa shape index (κ1) is 20.9. The van der Waals surface area contributed by atoms with Crippen LogP contribution in [0.25, 0.3) is 0 Å². The van der Waals surface area contributed by atoms with Gasteiger partial charge in [-0.25, -0.2) is 0 Å². The summed E-state index contributed by atoms with van der Waals surface area (Å²) >= 11 is 0. The first-order valence-corrected chi connectivity index (χ1v) is 9.88. The quantitative estimate of drug-likeness (QED) is 0.541. The van der Waals surface area contributed by atoms with Gasteiger partial charge in [0.1, 0.15) is 18.1 Å². The molecule has 26 heavy (non-hydrogen) atoms. The summed E-state index contributed by atoms with van der Waals surface area (Å²) in [5.74, 6) is -0.274. The van der Waals surface area contributed by atoms with Crippen molar-refractivity contribution in [3.8, 4) is 11.5 Å². The molecule has 0 amide bonds. The Morgan fingerprint density at radius 1 is 1.35 bits per heavy atom. The summed E-state index contributed by atoms with van der Waals surface area (Å²) < 4.78 is 50.1. The average Bonchev–Trinajstić information content (AvgIpc) is 2.50. The van der Waals surface area contributed by atoms with E-state index in [9.17, 15) is 18.1 Å². The van der Waals surface area contributed by atoms with E-state index in [2.05, 4.69) is 0 Å². The van der Waals surface area contributed by atoms with E-state index in [0.717, 1.165) is 9.87 Å². The fourth-order valence-corrected chi connectivity index (χ4v) is 3.64. The molecule has 2 N–H and O–H groups in total. The Morgan fingerprint density at radius 2 is 2.00 bits per heavy atom. The summed E-state index contributed by atoms with van der Waals surface area (Å²) in [5, 5.41) is 9.95. The molecule has 1 aromatic rings. The van der Waals surface area contributed by atoms with E-state index < -0.39 is 22.1 Å². The third-order valence-electron chi connectivity index (χ3n) is 3.86.